The molecular weight excluding hydrogens is 398 g/mol. The number of pyridine rings is 1. The molecule has 0 radical (unpaired) electrons. The number of hydrogen-bond donors (Lipinski definition) is 1. The number of carbonyl (C=O) groups is 1. The summed E-state index contributed by atoms with van der Waals surface area (Å²) in [5.41, 5.74) is 2.30. The number of phenolic OH excluding ortho intramolecular Hbond substituents is 1. The number of Topliss-reactive ketones (excluding diaryl/α,β-unsaturated/α-hetero) is 1. The Morgan fingerprint density at radius 1 is 1.00 bits per heavy atom. The van der Waals surface area contributed by atoms with Gasteiger partial charge in [-0.05, 0) is 35.1 Å². The Bertz CT molecular complexity index is 1010. The van der Waals surface area contributed by atoms with Crippen molar-refractivity contribution in [3.05, 3.63) is 53.3 Å². The first kappa shape index (κ1) is 22.0. The summed E-state index contributed by atoms with van der Waals surface area (Å²) in [5, 5.41) is 19.2. The molecule has 0 saturated heterocycles. The molecule has 6 nitrogen and oxygen atoms in total. The zero-order valence-corrected chi connectivity index (χ0v) is 19.0. The molecule has 1 N–H and O–H groups in total. The second-order valence-corrected chi connectivity index (χ2v) is 10.2. The van der Waals surface area contributed by atoms with Crippen LogP contribution in [0.4, 0.5) is 0 Å². The van der Waals surface area contributed by atoms with E-state index in [2.05, 4.69) is 15.2 Å². The fraction of sp³-hybridized carbons (Fsp3) is 0.391. The molecule has 0 aliphatic rings. The molecule has 158 valence electrons. The van der Waals surface area contributed by atoms with Crippen LogP contribution >= 0.6 is 11.8 Å². The number of hydrogen-bond acceptors (Lipinski definition) is 7. The summed E-state index contributed by atoms with van der Waals surface area (Å²) in [6.07, 6.45) is 3.31. The van der Waals surface area contributed by atoms with Crippen LogP contribution in [0.5, 0.6) is 5.75 Å². The summed E-state index contributed by atoms with van der Waals surface area (Å²) in [7, 11) is 0. The lowest BCUT2D eigenvalue weighted by Gasteiger charge is -2.28. The monoisotopic (exact) mass is 425 g/mol. The molecule has 0 atom stereocenters. The highest BCUT2D eigenvalue weighted by Crippen LogP contribution is 2.40. The molecule has 0 aliphatic carbocycles. The van der Waals surface area contributed by atoms with Crippen LogP contribution in [0.25, 0.3) is 11.5 Å². The van der Waals surface area contributed by atoms with Gasteiger partial charge in [0.1, 0.15) is 5.75 Å². The highest BCUT2D eigenvalue weighted by Gasteiger charge is 2.28. The molecule has 7 heteroatoms. The molecule has 0 amide bonds. The third kappa shape index (κ3) is 4.90. The predicted molar refractivity (Wildman–Crippen MR) is 118 cm³/mol. The zero-order valence-electron chi connectivity index (χ0n) is 18.2. The molecule has 3 aromatic rings. The Morgan fingerprint density at radius 2 is 1.57 bits per heavy atom. The van der Waals surface area contributed by atoms with Gasteiger partial charge in [0.05, 0.1) is 5.75 Å². The fourth-order valence-corrected chi connectivity index (χ4v) is 3.69. The Morgan fingerprint density at radius 3 is 2.10 bits per heavy atom. The average Bonchev–Trinajstić information content (AvgIpc) is 3.14. The lowest BCUT2D eigenvalue weighted by molar-refractivity contribution is 0.102. The predicted octanol–water partition coefficient (Wildman–Crippen LogP) is 5.41. The quantitative estimate of drug-likeness (QED) is 0.432. The maximum absolute atomic E-state index is 13.0. The maximum Gasteiger partial charge on any atom is 0.277 e. The first-order valence-electron chi connectivity index (χ1n) is 9.74. The van der Waals surface area contributed by atoms with E-state index >= 15 is 0 Å². The number of aromatic hydroxyl groups is 1. The van der Waals surface area contributed by atoms with Gasteiger partial charge >= 0.3 is 0 Å². The van der Waals surface area contributed by atoms with Crippen molar-refractivity contribution in [2.75, 3.05) is 5.75 Å². The Kier molecular flexibility index (Phi) is 6.04. The van der Waals surface area contributed by atoms with E-state index in [9.17, 15) is 9.90 Å². The standard InChI is InChI=1S/C23H27N3O3S/c1-22(2,3)16-11-15(12-17(19(16)28)23(4,5)6)18(27)13-30-21-26-25-20(29-21)14-7-9-24-10-8-14/h7-12,28H,13H2,1-6H3. The SMILES string of the molecule is CC(C)(C)c1cc(C(=O)CSc2nnc(-c3ccncc3)o2)cc(C(C)(C)C)c1O. The molecule has 0 spiro atoms. The Labute approximate surface area is 181 Å². The normalized spacial score (nSPS) is 12.2. The minimum atomic E-state index is -0.292. The van der Waals surface area contributed by atoms with Crippen LogP contribution in [-0.4, -0.2) is 31.8 Å². The maximum atomic E-state index is 13.0. The van der Waals surface area contributed by atoms with Gasteiger partial charge in [-0.25, -0.2) is 0 Å². The highest BCUT2D eigenvalue weighted by atomic mass is 32.2. The van der Waals surface area contributed by atoms with Crippen LogP contribution in [0.2, 0.25) is 0 Å². The Balaban J connectivity index is 1.83. The van der Waals surface area contributed by atoms with E-state index in [1.165, 1.54) is 11.8 Å². The lowest BCUT2D eigenvalue weighted by Crippen LogP contribution is -2.19. The van der Waals surface area contributed by atoms with E-state index in [0.717, 1.165) is 16.7 Å². The second kappa shape index (κ2) is 8.22. The van der Waals surface area contributed by atoms with Gasteiger partial charge in [0.2, 0.25) is 5.89 Å². The number of thioether (sulfide) groups is 1. The van der Waals surface area contributed by atoms with Gasteiger partial charge in [0.25, 0.3) is 5.22 Å². The van der Waals surface area contributed by atoms with Crippen molar-refractivity contribution in [2.24, 2.45) is 0 Å². The number of benzene rings is 1. The molecule has 2 aromatic heterocycles. The molecule has 30 heavy (non-hydrogen) atoms. The van der Waals surface area contributed by atoms with Crippen molar-refractivity contribution in [1.29, 1.82) is 0 Å². The number of nitrogens with zero attached hydrogens (tertiary/aromatic N) is 3. The second-order valence-electron chi connectivity index (χ2n) is 9.24. The van der Waals surface area contributed by atoms with E-state index in [0.29, 0.717) is 16.7 Å². The van der Waals surface area contributed by atoms with Crippen molar-refractivity contribution in [3.63, 3.8) is 0 Å². The molecule has 0 bridgehead atoms. The van der Waals surface area contributed by atoms with Gasteiger partial charge in [-0.1, -0.05) is 53.3 Å². The van der Waals surface area contributed by atoms with Crippen LogP contribution in [0.3, 0.4) is 0 Å². The summed E-state index contributed by atoms with van der Waals surface area (Å²) in [4.78, 5) is 16.9. The van der Waals surface area contributed by atoms with E-state index in [4.69, 9.17) is 4.42 Å². The molecular formula is C23H27N3O3S. The third-order valence-corrected chi connectivity index (χ3v) is 5.53. The molecule has 1 aromatic carbocycles. The van der Waals surface area contributed by atoms with Crippen LogP contribution in [-0.2, 0) is 10.8 Å². The number of rotatable bonds is 5. The largest absolute Gasteiger partial charge is 0.507 e. The highest BCUT2D eigenvalue weighted by molar-refractivity contribution is 7.99. The van der Waals surface area contributed by atoms with Crippen LogP contribution in [0.1, 0.15) is 63.0 Å². The molecule has 0 unspecified atom stereocenters. The number of ketones is 1. The Hall–Kier alpha value is -2.67. The smallest absolute Gasteiger partial charge is 0.277 e. The van der Waals surface area contributed by atoms with Crippen LogP contribution in [0.15, 0.2) is 46.3 Å². The van der Waals surface area contributed by atoms with Gasteiger partial charge in [-0.3, -0.25) is 9.78 Å². The molecule has 0 fully saturated rings. The third-order valence-electron chi connectivity index (χ3n) is 4.71. The van der Waals surface area contributed by atoms with E-state index in [1.54, 1.807) is 36.7 Å². The summed E-state index contributed by atoms with van der Waals surface area (Å²) in [5.74, 6) is 0.760. The van der Waals surface area contributed by atoms with Crippen molar-refractivity contribution in [3.8, 4) is 17.2 Å². The first-order valence-corrected chi connectivity index (χ1v) is 10.7. The van der Waals surface area contributed by atoms with Gasteiger partial charge < -0.3 is 9.52 Å². The minimum absolute atomic E-state index is 0.0559. The van der Waals surface area contributed by atoms with Gasteiger partial charge in [0.15, 0.2) is 5.78 Å². The molecule has 3 rings (SSSR count). The summed E-state index contributed by atoms with van der Waals surface area (Å²) >= 11 is 1.20. The van der Waals surface area contributed by atoms with Crippen molar-refractivity contribution in [2.45, 2.75) is 57.6 Å². The summed E-state index contributed by atoms with van der Waals surface area (Å²) < 4.78 is 5.65. The average molecular weight is 426 g/mol. The van der Waals surface area contributed by atoms with Crippen molar-refractivity contribution < 1.29 is 14.3 Å². The van der Waals surface area contributed by atoms with Gasteiger partial charge in [-0.2, -0.15) is 0 Å². The summed E-state index contributed by atoms with van der Waals surface area (Å²) in [6.45, 7) is 12.1. The van der Waals surface area contributed by atoms with E-state index < -0.39 is 0 Å². The number of carbonyl (C=O) groups excluding carboxylic acids is 1. The fourth-order valence-electron chi connectivity index (χ4n) is 3.03. The lowest BCUT2D eigenvalue weighted by atomic mass is 9.78. The molecule has 2 heterocycles. The van der Waals surface area contributed by atoms with E-state index in [1.807, 2.05) is 41.5 Å². The van der Waals surface area contributed by atoms with E-state index in [-0.39, 0.29) is 28.1 Å². The summed E-state index contributed by atoms with van der Waals surface area (Å²) in [6, 6.07) is 7.16. The van der Waals surface area contributed by atoms with Crippen LogP contribution in [0, 0.1) is 0 Å². The first-order chi connectivity index (χ1) is 14.0. The van der Waals surface area contributed by atoms with Gasteiger partial charge in [0, 0.05) is 34.6 Å². The van der Waals surface area contributed by atoms with Crippen molar-refractivity contribution >= 4 is 17.5 Å². The topological polar surface area (TPSA) is 89.1 Å². The zero-order chi connectivity index (χ0) is 22.1. The molecule has 0 aliphatic heterocycles. The minimum Gasteiger partial charge on any atom is -0.507 e. The van der Waals surface area contributed by atoms with Crippen LogP contribution < -0.4 is 0 Å². The van der Waals surface area contributed by atoms with Crippen molar-refractivity contribution in [1.82, 2.24) is 15.2 Å². The number of phenols is 1. The van der Waals surface area contributed by atoms with Gasteiger partial charge in [-0.15, -0.1) is 10.2 Å². The number of aromatic nitrogens is 3. The molecule has 0 saturated carbocycles.